The van der Waals surface area contributed by atoms with Gasteiger partial charge in [0.2, 0.25) is 35.4 Å². The van der Waals surface area contributed by atoms with Crippen LogP contribution in [-0.4, -0.2) is 120 Å². The highest BCUT2D eigenvalue weighted by Crippen LogP contribution is 2.20. The van der Waals surface area contributed by atoms with Crippen LogP contribution in [0.2, 0.25) is 0 Å². The molecule has 0 aromatic heterocycles. The molecule has 0 saturated carbocycles. The fraction of sp³-hybridized carbons (Fsp3) is 0.611. The van der Waals surface area contributed by atoms with Gasteiger partial charge in [-0.25, -0.2) is 0 Å². The van der Waals surface area contributed by atoms with Crippen LogP contribution in [0.5, 0.6) is 0 Å². The summed E-state index contributed by atoms with van der Waals surface area (Å²) in [6.45, 7) is 5.02. The summed E-state index contributed by atoms with van der Waals surface area (Å²) in [7, 11) is 0. The number of nitrogens with one attached hydrogen (secondary N) is 5. The van der Waals surface area contributed by atoms with E-state index in [1.165, 1.54) is 11.8 Å². The van der Waals surface area contributed by atoms with Gasteiger partial charge in [0.15, 0.2) is 5.96 Å². The Bertz CT molecular complexity index is 1490. The zero-order valence-corrected chi connectivity index (χ0v) is 31.9. The van der Waals surface area contributed by atoms with Crippen molar-refractivity contribution < 1.29 is 38.7 Å². The zero-order chi connectivity index (χ0) is 41.1. The van der Waals surface area contributed by atoms with Crippen molar-refractivity contribution >= 4 is 47.4 Å². The fourth-order valence-electron chi connectivity index (χ4n) is 5.99. The van der Waals surface area contributed by atoms with Crippen molar-refractivity contribution in [2.24, 2.45) is 33.8 Å². The smallest absolute Gasteiger partial charge is 0.322 e. The number of guanidine groups is 1. The number of hydrogen-bond acceptors (Lipinski definition) is 10. The predicted octanol–water partition coefficient (Wildman–Crippen LogP) is -2.45. The maximum Gasteiger partial charge on any atom is 0.322 e. The summed E-state index contributed by atoms with van der Waals surface area (Å²) in [6, 6.07) is 2.64. The Morgan fingerprint density at radius 2 is 1.53 bits per heavy atom. The highest BCUT2D eigenvalue weighted by molar-refractivity contribution is 5.97. The van der Waals surface area contributed by atoms with E-state index < -0.39 is 84.2 Å². The molecule has 0 spiro atoms. The topological polar surface area (TPSA) is 320 Å². The molecule has 1 saturated heterocycles. The lowest BCUT2D eigenvalue weighted by atomic mass is 10.0. The minimum absolute atomic E-state index is 0.0382. The SMILES string of the molecule is CC(C)[C@H](NC(=O)[C@H](CCCN=C(N)N)NC(=O)[C@H](C)NC(=O)[C@H](Cc1ccccc1)NC(=O)[C@@H]1CCCN1C(=O)[C@@H](N)CCCCN)C(=O)NCC(=O)O. The average Bonchev–Trinajstić information content (AvgIpc) is 3.63. The number of nitrogens with zero attached hydrogens (tertiary/aromatic N) is 2. The molecule has 14 N–H and O–H groups in total. The second-order valence-corrected chi connectivity index (χ2v) is 13.9. The molecule has 0 aliphatic carbocycles. The number of carbonyl (C=O) groups excluding carboxylic acids is 6. The Balaban J connectivity index is 2.22. The number of carboxylic acids is 1. The van der Waals surface area contributed by atoms with E-state index in [-0.39, 0.29) is 37.7 Å². The first kappa shape index (κ1) is 45.9. The fourth-order valence-corrected chi connectivity index (χ4v) is 5.99. The molecule has 1 aromatic carbocycles. The van der Waals surface area contributed by atoms with Crippen molar-refractivity contribution in [3.63, 3.8) is 0 Å². The van der Waals surface area contributed by atoms with E-state index in [0.29, 0.717) is 38.8 Å². The maximum absolute atomic E-state index is 13.8. The second kappa shape index (κ2) is 23.5. The molecule has 55 heavy (non-hydrogen) atoms. The molecule has 0 unspecified atom stereocenters. The number of rotatable bonds is 23. The monoisotopic (exact) mass is 773 g/mol. The Morgan fingerprint density at radius 3 is 2.15 bits per heavy atom. The summed E-state index contributed by atoms with van der Waals surface area (Å²) in [5.41, 5.74) is 23.3. The van der Waals surface area contributed by atoms with Crippen LogP contribution in [0.4, 0.5) is 0 Å². The molecule has 1 aliphatic heterocycles. The van der Waals surface area contributed by atoms with Gasteiger partial charge in [0.25, 0.3) is 0 Å². The molecule has 6 atom stereocenters. The number of carbonyl (C=O) groups is 7. The summed E-state index contributed by atoms with van der Waals surface area (Å²) in [5.74, 6) is -5.63. The van der Waals surface area contributed by atoms with Gasteiger partial charge in [0, 0.05) is 19.5 Å². The van der Waals surface area contributed by atoms with E-state index in [4.69, 9.17) is 28.0 Å². The lowest BCUT2D eigenvalue weighted by Gasteiger charge is -2.29. The van der Waals surface area contributed by atoms with Gasteiger partial charge in [-0.1, -0.05) is 50.6 Å². The second-order valence-electron chi connectivity index (χ2n) is 13.9. The van der Waals surface area contributed by atoms with E-state index in [0.717, 1.165) is 12.0 Å². The van der Waals surface area contributed by atoms with E-state index in [2.05, 4.69) is 31.6 Å². The van der Waals surface area contributed by atoms with Gasteiger partial charge in [-0.3, -0.25) is 38.6 Å². The van der Waals surface area contributed by atoms with Crippen LogP contribution in [0.3, 0.4) is 0 Å². The quantitative estimate of drug-likeness (QED) is 0.0315. The lowest BCUT2D eigenvalue weighted by molar-refractivity contribution is -0.140. The van der Waals surface area contributed by atoms with Gasteiger partial charge in [-0.15, -0.1) is 0 Å². The first-order valence-electron chi connectivity index (χ1n) is 18.6. The highest BCUT2D eigenvalue weighted by Gasteiger charge is 2.38. The van der Waals surface area contributed by atoms with Crippen LogP contribution < -0.4 is 49.5 Å². The van der Waals surface area contributed by atoms with E-state index in [9.17, 15) is 33.6 Å². The number of aliphatic imine (C=N–C) groups is 1. The predicted molar refractivity (Wildman–Crippen MR) is 205 cm³/mol. The standard InChI is InChI=1S/C36H59N11O8/c1-21(2)29(34(54)42-20-28(48)49)46-31(51)25(14-9-17-41-36(39)40)44-30(50)22(3)43-32(52)26(19-23-11-5-4-6-12-23)45-33(53)27-15-10-18-47(27)35(55)24(38)13-7-8-16-37/h4-6,11-12,21-22,24-27,29H,7-10,13-20,37-38H2,1-3H3,(H,42,54)(H,43,52)(H,44,50)(H,45,53)(H,46,51)(H,48,49)(H4,39,40,41)/t22-,24-,25-,26-,27-,29-/m0/s1. The number of nitrogens with two attached hydrogens (primary N) is 4. The summed E-state index contributed by atoms with van der Waals surface area (Å²) in [6.07, 6.45) is 3.15. The maximum atomic E-state index is 13.8. The number of amides is 6. The summed E-state index contributed by atoms with van der Waals surface area (Å²) >= 11 is 0. The number of carboxylic acid groups (broad SMARTS) is 1. The van der Waals surface area contributed by atoms with Crippen LogP contribution in [0.25, 0.3) is 0 Å². The molecule has 1 fully saturated rings. The normalized spacial score (nSPS) is 16.5. The third kappa shape index (κ3) is 15.9. The number of hydrogen-bond donors (Lipinski definition) is 10. The van der Waals surface area contributed by atoms with Crippen molar-refractivity contribution in [2.75, 3.05) is 26.2 Å². The largest absolute Gasteiger partial charge is 0.480 e. The third-order valence-electron chi connectivity index (χ3n) is 9.03. The molecule has 306 valence electrons. The zero-order valence-electron chi connectivity index (χ0n) is 31.9. The first-order valence-corrected chi connectivity index (χ1v) is 18.6. The average molecular weight is 774 g/mol. The molecule has 1 heterocycles. The highest BCUT2D eigenvalue weighted by atomic mass is 16.4. The number of likely N-dealkylation sites (tertiary alicyclic amines) is 1. The molecular weight excluding hydrogens is 714 g/mol. The van der Waals surface area contributed by atoms with Crippen LogP contribution in [0.15, 0.2) is 35.3 Å². The molecular formula is C36H59N11O8. The van der Waals surface area contributed by atoms with Crippen molar-refractivity contribution in [3.05, 3.63) is 35.9 Å². The third-order valence-corrected chi connectivity index (χ3v) is 9.03. The Labute approximate surface area is 321 Å². The minimum Gasteiger partial charge on any atom is -0.480 e. The Hall–Kier alpha value is -5.30. The van der Waals surface area contributed by atoms with Crippen LogP contribution in [-0.2, 0) is 40.0 Å². The summed E-state index contributed by atoms with van der Waals surface area (Å²) < 4.78 is 0. The van der Waals surface area contributed by atoms with Crippen molar-refractivity contribution in [3.8, 4) is 0 Å². The molecule has 19 heteroatoms. The van der Waals surface area contributed by atoms with Crippen molar-refractivity contribution in [1.29, 1.82) is 0 Å². The Kier molecular flexibility index (Phi) is 19.6. The lowest BCUT2D eigenvalue weighted by Crippen LogP contribution is -2.59. The van der Waals surface area contributed by atoms with E-state index >= 15 is 0 Å². The van der Waals surface area contributed by atoms with Gasteiger partial charge >= 0.3 is 5.97 Å². The molecule has 0 radical (unpaired) electrons. The van der Waals surface area contributed by atoms with E-state index in [1.54, 1.807) is 44.2 Å². The van der Waals surface area contributed by atoms with E-state index in [1.807, 2.05) is 0 Å². The molecule has 6 amide bonds. The van der Waals surface area contributed by atoms with Crippen LogP contribution in [0.1, 0.15) is 71.3 Å². The molecule has 1 aliphatic rings. The van der Waals surface area contributed by atoms with Crippen molar-refractivity contribution in [1.82, 2.24) is 31.5 Å². The summed E-state index contributed by atoms with van der Waals surface area (Å²) in [4.78, 5) is 96.6. The van der Waals surface area contributed by atoms with Crippen LogP contribution >= 0.6 is 0 Å². The number of aliphatic carboxylic acids is 1. The molecule has 1 aromatic rings. The van der Waals surface area contributed by atoms with Gasteiger partial charge in [0.05, 0.1) is 6.04 Å². The summed E-state index contributed by atoms with van der Waals surface area (Å²) in [5, 5.41) is 21.8. The van der Waals surface area contributed by atoms with Gasteiger partial charge in [0.1, 0.15) is 36.8 Å². The van der Waals surface area contributed by atoms with Crippen molar-refractivity contribution in [2.45, 2.75) is 108 Å². The van der Waals surface area contributed by atoms with Gasteiger partial charge in [-0.2, -0.15) is 0 Å². The van der Waals surface area contributed by atoms with Gasteiger partial charge in [-0.05, 0) is 63.5 Å². The van der Waals surface area contributed by atoms with Gasteiger partial charge < -0.3 is 59.5 Å². The molecule has 19 nitrogen and oxygen atoms in total. The number of benzene rings is 1. The number of unbranched alkanes of at least 4 members (excludes halogenated alkanes) is 1. The Morgan fingerprint density at radius 1 is 0.855 bits per heavy atom. The van der Waals surface area contributed by atoms with Crippen LogP contribution in [0, 0.1) is 5.92 Å². The first-order chi connectivity index (χ1) is 26.0. The minimum atomic E-state index is -1.27. The molecule has 0 bridgehead atoms. The molecule has 2 rings (SSSR count).